The lowest BCUT2D eigenvalue weighted by molar-refractivity contribution is -0.149. The zero-order valence-electron chi connectivity index (χ0n) is 9.34. The number of ether oxygens (including phenoxy) is 1. The van der Waals surface area contributed by atoms with Crippen LogP contribution in [0.15, 0.2) is 0 Å². The van der Waals surface area contributed by atoms with Crippen molar-refractivity contribution in [2.24, 2.45) is 0 Å². The molecule has 0 saturated heterocycles. The molecule has 0 aliphatic heterocycles. The lowest BCUT2D eigenvalue weighted by Gasteiger charge is -2.06. The van der Waals surface area contributed by atoms with Gasteiger partial charge in [-0.2, -0.15) is 0 Å². The fraction of sp³-hybridized carbons (Fsp3) is 0.818. The molecule has 0 aliphatic rings. The second kappa shape index (κ2) is 7.54. The fourth-order valence-electron chi connectivity index (χ4n) is 1.13. The number of ketones is 1. The Morgan fingerprint density at radius 1 is 1.21 bits per heavy atom. The molecule has 0 aromatic carbocycles. The molecule has 0 radical (unpaired) electrons. The van der Waals surface area contributed by atoms with E-state index in [1.807, 2.05) is 0 Å². The minimum absolute atomic E-state index is 0.0101. The Hall–Kier alpha value is -0.860. The molecule has 0 fully saturated rings. The summed E-state index contributed by atoms with van der Waals surface area (Å²) in [6.45, 7) is 5.64. The first-order valence-corrected chi connectivity index (χ1v) is 5.27. The van der Waals surface area contributed by atoms with Gasteiger partial charge in [-0.3, -0.25) is 9.59 Å². The Morgan fingerprint density at radius 3 is 2.36 bits per heavy atom. The molecule has 0 aromatic heterocycles. The van der Waals surface area contributed by atoms with Crippen molar-refractivity contribution in [3.05, 3.63) is 0 Å². The summed E-state index contributed by atoms with van der Waals surface area (Å²) in [5, 5.41) is 0. The van der Waals surface area contributed by atoms with Gasteiger partial charge in [0.15, 0.2) is 0 Å². The number of carbonyl (C=O) groups excluding carboxylic acids is 2. The number of hydrogen-bond acceptors (Lipinski definition) is 3. The molecule has 14 heavy (non-hydrogen) atoms. The van der Waals surface area contributed by atoms with Crippen molar-refractivity contribution in [3.8, 4) is 0 Å². The summed E-state index contributed by atoms with van der Waals surface area (Å²) in [5.41, 5.74) is 0. The molecule has 0 aromatic rings. The summed E-state index contributed by atoms with van der Waals surface area (Å²) >= 11 is 0. The second-order valence-corrected chi connectivity index (χ2v) is 3.71. The van der Waals surface area contributed by atoms with E-state index in [1.165, 1.54) is 0 Å². The molecular formula is C11H20O3. The van der Waals surface area contributed by atoms with E-state index in [4.69, 9.17) is 4.74 Å². The third kappa shape index (κ3) is 7.77. The highest BCUT2D eigenvalue weighted by atomic mass is 16.5. The van der Waals surface area contributed by atoms with E-state index in [9.17, 15) is 9.59 Å². The van der Waals surface area contributed by atoms with Gasteiger partial charge in [0.25, 0.3) is 0 Å². The normalized spacial score (nSPS) is 10.3. The average molecular weight is 200 g/mol. The van der Waals surface area contributed by atoms with Gasteiger partial charge in [-0.1, -0.05) is 19.8 Å². The number of hydrogen-bond donors (Lipinski definition) is 0. The van der Waals surface area contributed by atoms with Gasteiger partial charge in [0.05, 0.1) is 6.10 Å². The van der Waals surface area contributed by atoms with Crippen LogP contribution in [0.25, 0.3) is 0 Å². The van der Waals surface area contributed by atoms with Crippen LogP contribution in [-0.4, -0.2) is 17.9 Å². The lowest BCUT2D eigenvalue weighted by Crippen LogP contribution is -2.15. The minimum Gasteiger partial charge on any atom is -0.463 e. The van der Waals surface area contributed by atoms with E-state index in [-0.39, 0.29) is 18.3 Å². The zero-order chi connectivity index (χ0) is 11.0. The van der Waals surface area contributed by atoms with Crippen molar-refractivity contribution >= 4 is 11.8 Å². The third-order valence-corrected chi connectivity index (χ3v) is 1.77. The maximum atomic E-state index is 11.2. The number of carbonyl (C=O) groups is 2. The third-order valence-electron chi connectivity index (χ3n) is 1.77. The number of esters is 1. The number of unbranched alkanes of at least 4 members (excludes halogenated alkanes) is 2. The first kappa shape index (κ1) is 13.1. The van der Waals surface area contributed by atoms with Crippen LogP contribution in [0.2, 0.25) is 0 Å². The van der Waals surface area contributed by atoms with Crippen molar-refractivity contribution in [3.63, 3.8) is 0 Å². The van der Waals surface area contributed by atoms with Crippen molar-refractivity contribution in [1.29, 1.82) is 0 Å². The van der Waals surface area contributed by atoms with E-state index < -0.39 is 5.97 Å². The van der Waals surface area contributed by atoms with E-state index in [0.29, 0.717) is 6.42 Å². The van der Waals surface area contributed by atoms with Crippen LogP contribution >= 0.6 is 0 Å². The highest BCUT2D eigenvalue weighted by molar-refractivity contribution is 5.95. The van der Waals surface area contributed by atoms with E-state index in [1.54, 1.807) is 13.8 Å². The molecule has 0 unspecified atom stereocenters. The van der Waals surface area contributed by atoms with Crippen LogP contribution in [-0.2, 0) is 14.3 Å². The van der Waals surface area contributed by atoms with Gasteiger partial charge in [0.1, 0.15) is 12.2 Å². The van der Waals surface area contributed by atoms with Crippen LogP contribution in [0.4, 0.5) is 0 Å². The van der Waals surface area contributed by atoms with Gasteiger partial charge < -0.3 is 4.74 Å². The average Bonchev–Trinajstić information content (AvgIpc) is 2.02. The Labute approximate surface area is 85.8 Å². The molecule has 0 bridgehead atoms. The molecule has 0 saturated carbocycles. The quantitative estimate of drug-likeness (QED) is 0.360. The Kier molecular flexibility index (Phi) is 7.07. The first-order chi connectivity index (χ1) is 6.56. The molecule has 82 valence electrons. The maximum absolute atomic E-state index is 11.2. The highest BCUT2D eigenvalue weighted by Gasteiger charge is 2.11. The van der Waals surface area contributed by atoms with Gasteiger partial charge in [0, 0.05) is 6.42 Å². The van der Waals surface area contributed by atoms with Crippen LogP contribution in [0, 0.1) is 0 Å². The predicted octanol–water partition coefficient (Wildman–Crippen LogP) is 2.48. The standard InChI is InChI=1S/C11H20O3/c1-4-5-6-7-10(12)8-11(13)14-9(2)3/h9H,4-8H2,1-3H3. The summed E-state index contributed by atoms with van der Waals surface area (Å²) in [6, 6.07) is 0. The summed E-state index contributed by atoms with van der Waals surface area (Å²) in [5.74, 6) is -0.411. The second-order valence-electron chi connectivity index (χ2n) is 3.71. The van der Waals surface area contributed by atoms with E-state index in [2.05, 4.69) is 6.92 Å². The van der Waals surface area contributed by atoms with Crippen molar-refractivity contribution in [2.45, 2.75) is 59.0 Å². The van der Waals surface area contributed by atoms with Crippen LogP contribution in [0.3, 0.4) is 0 Å². The van der Waals surface area contributed by atoms with Gasteiger partial charge >= 0.3 is 5.97 Å². The Bertz CT molecular complexity index is 185. The smallest absolute Gasteiger partial charge is 0.313 e. The number of rotatable bonds is 7. The fourth-order valence-corrected chi connectivity index (χ4v) is 1.13. The topological polar surface area (TPSA) is 43.4 Å². The molecule has 0 atom stereocenters. The monoisotopic (exact) mass is 200 g/mol. The van der Waals surface area contributed by atoms with Crippen molar-refractivity contribution in [1.82, 2.24) is 0 Å². The van der Waals surface area contributed by atoms with Gasteiger partial charge in [-0.25, -0.2) is 0 Å². The summed E-state index contributed by atoms with van der Waals surface area (Å²) in [4.78, 5) is 22.3. The molecule has 0 rings (SSSR count). The SMILES string of the molecule is CCCCCC(=O)CC(=O)OC(C)C. The van der Waals surface area contributed by atoms with Gasteiger partial charge in [-0.05, 0) is 20.3 Å². The zero-order valence-corrected chi connectivity index (χ0v) is 9.34. The van der Waals surface area contributed by atoms with Gasteiger partial charge in [0.2, 0.25) is 0 Å². The summed E-state index contributed by atoms with van der Waals surface area (Å²) < 4.78 is 4.87. The van der Waals surface area contributed by atoms with Gasteiger partial charge in [-0.15, -0.1) is 0 Å². The van der Waals surface area contributed by atoms with E-state index in [0.717, 1.165) is 19.3 Å². The maximum Gasteiger partial charge on any atom is 0.313 e. The molecule has 0 aliphatic carbocycles. The molecular weight excluding hydrogens is 180 g/mol. The number of Topliss-reactive ketones (excluding diaryl/α,β-unsaturated/α-hetero) is 1. The van der Waals surface area contributed by atoms with Crippen LogP contribution < -0.4 is 0 Å². The van der Waals surface area contributed by atoms with Crippen LogP contribution in [0.1, 0.15) is 52.9 Å². The summed E-state index contributed by atoms with van der Waals surface area (Å²) in [6.07, 6.45) is 3.31. The van der Waals surface area contributed by atoms with E-state index >= 15 is 0 Å². The Balaban J connectivity index is 3.56. The largest absolute Gasteiger partial charge is 0.463 e. The van der Waals surface area contributed by atoms with Crippen LogP contribution in [0.5, 0.6) is 0 Å². The minimum atomic E-state index is -0.401. The van der Waals surface area contributed by atoms with Crippen molar-refractivity contribution < 1.29 is 14.3 Å². The molecule has 3 nitrogen and oxygen atoms in total. The molecule has 0 spiro atoms. The molecule has 0 heterocycles. The molecule has 0 N–H and O–H groups in total. The molecule has 0 amide bonds. The summed E-state index contributed by atoms with van der Waals surface area (Å²) in [7, 11) is 0. The first-order valence-electron chi connectivity index (χ1n) is 5.27. The highest BCUT2D eigenvalue weighted by Crippen LogP contribution is 2.03. The van der Waals surface area contributed by atoms with Crippen molar-refractivity contribution in [2.75, 3.05) is 0 Å². The predicted molar refractivity (Wildman–Crippen MR) is 55.0 cm³/mol. The Morgan fingerprint density at radius 2 is 1.86 bits per heavy atom. The lowest BCUT2D eigenvalue weighted by atomic mass is 10.1. The molecule has 3 heteroatoms.